The van der Waals surface area contributed by atoms with Gasteiger partial charge in [-0.05, 0) is 13.3 Å². The first-order chi connectivity index (χ1) is 9.85. The SMILES string of the molecule is CC(CCS(C)=O)NS(=O)(=O)c1c(NN)nc2sccn12. The molecule has 4 N–H and O–H groups in total. The lowest BCUT2D eigenvalue weighted by atomic mass is 10.3. The minimum Gasteiger partial charge on any atom is -0.306 e. The molecule has 118 valence electrons. The third kappa shape index (κ3) is 3.61. The Labute approximate surface area is 129 Å². The third-order valence-electron chi connectivity index (χ3n) is 2.80. The summed E-state index contributed by atoms with van der Waals surface area (Å²) < 4.78 is 40.1. The smallest absolute Gasteiger partial charge is 0.260 e. The second kappa shape index (κ2) is 6.40. The number of sulfonamides is 1. The molecule has 2 unspecified atom stereocenters. The van der Waals surface area contributed by atoms with E-state index >= 15 is 0 Å². The number of anilines is 1. The number of aromatic nitrogens is 2. The van der Waals surface area contributed by atoms with Crippen molar-refractivity contribution in [2.75, 3.05) is 17.4 Å². The van der Waals surface area contributed by atoms with Crippen LogP contribution in [0.1, 0.15) is 13.3 Å². The monoisotopic (exact) mass is 351 g/mol. The zero-order valence-corrected chi connectivity index (χ0v) is 14.0. The molecular weight excluding hydrogens is 334 g/mol. The minimum atomic E-state index is -3.79. The van der Waals surface area contributed by atoms with Gasteiger partial charge < -0.3 is 5.43 Å². The van der Waals surface area contributed by atoms with Gasteiger partial charge in [-0.2, -0.15) is 4.98 Å². The molecule has 0 aliphatic carbocycles. The van der Waals surface area contributed by atoms with Crippen LogP contribution in [0.2, 0.25) is 0 Å². The van der Waals surface area contributed by atoms with Crippen molar-refractivity contribution >= 4 is 42.9 Å². The molecule has 0 bridgehead atoms. The van der Waals surface area contributed by atoms with Gasteiger partial charge in [0.25, 0.3) is 10.0 Å². The maximum absolute atomic E-state index is 12.5. The molecule has 0 spiro atoms. The summed E-state index contributed by atoms with van der Waals surface area (Å²) in [6.45, 7) is 1.73. The quantitative estimate of drug-likeness (QED) is 0.481. The second-order valence-corrected chi connectivity index (χ2v) is 8.61. The van der Waals surface area contributed by atoms with Gasteiger partial charge in [-0.1, -0.05) is 0 Å². The van der Waals surface area contributed by atoms with Crippen molar-refractivity contribution in [1.82, 2.24) is 14.1 Å². The average molecular weight is 351 g/mol. The molecular formula is C10H17N5O3S3. The predicted molar refractivity (Wildman–Crippen MR) is 84.2 cm³/mol. The average Bonchev–Trinajstić information content (AvgIpc) is 2.94. The van der Waals surface area contributed by atoms with Crippen LogP contribution in [-0.4, -0.2) is 40.1 Å². The van der Waals surface area contributed by atoms with Gasteiger partial charge in [-0.25, -0.2) is 19.0 Å². The van der Waals surface area contributed by atoms with Crippen molar-refractivity contribution < 1.29 is 12.6 Å². The van der Waals surface area contributed by atoms with Crippen LogP contribution < -0.4 is 16.0 Å². The molecule has 0 aromatic carbocycles. The van der Waals surface area contributed by atoms with Crippen molar-refractivity contribution in [3.05, 3.63) is 11.6 Å². The fourth-order valence-electron chi connectivity index (χ4n) is 1.84. The Bertz CT molecular complexity index is 751. The first kappa shape index (κ1) is 16.4. The lowest BCUT2D eigenvalue weighted by Gasteiger charge is -2.13. The van der Waals surface area contributed by atoms with E-state index in [1.165, 1.54) is 15.7 Å². The minimum absolute atomic E-state index is 0.0225. The topological polar surface area (TPSA) is 119 Å². The fourth-order valence-corrected chi connectivity index (χ4v) is 4.82. The van der Waals surface area contributed by atoms with Crippen LogP contribution >= 0.6 is 11.3 Å². The van der Waals surface area contributed by atoms with E-state index in [2.05, 4.69) is 15.1 Å². The number of imidazole rings is 1. The molecule has 2 aromatic heterocycles. The first-order valence-corrected chi connectivity index (χ1v) is 10.2. The highest BCUT2D eigenvalue weighted by Gasteiger charge is 2.27. The van der Waals surface area contributed by atoms with Crippen molar-refractivity contribution in [1.29, 1.82) is 0 Å². The van der Waals surface area contributed by atoms with E-state index in [1.807, 2.05) is 0 Å². The number of hydrogen-bond acceptors (Lipinski definition) is 7. The van der Waals surface area contributed by atoms with E-state index in [0.29, 0.717) is 17.1 Å². The molecule has 21 heavy (non-hydrogen) atoms. The largest absolute Gasteiger partial charge is 0.306 e. The van der Waals surface area contributed by atoms with Crippen LogP contribution in [0.4, 0.5) is 5.82 Å². The van der Waals surface area contributed by atoms with Gasteiger partial charge in [-0.3, -0.25) is 8.61 Å². The summed E-state index contributed by atoms with van der Waals surface area (Å²) in [6, 6.07) is -0.339. The second-order valence-electron chi connectivity index (χ2n) is 4.55. The Balaban J connectivity index is 2.28. The molecule has 2 atom stereocenters. The third-order valence-corrected chi connectivity index (χ3v) is 5.98. The number of nitrogen functional groups attached to an aromatic ring is 1. The van der Waals surface area contributed by atoms with Gasteiger partial charge in [0.1, 0.15) is 0 Å². The molecule has 0 fully saturated rings. The Hall–Kier alpha value is -1.01. The van der Waals surface area contributed by atoms with Gasteiger partial charge in [-0.15, -0.1) is 11.3 Å². The standard InChI is InChI=1S/C10H17N5O3S3/c1-7(3-6-20(2)16)14-21(17,18)9-8(13-11)12-10-15(9)4-5-19-10/h4-5,7,13-14H,3,6,11H2,1-2H3. The Morgan fingerprint density at radius 3 is 2.90 bits per heavy atom. The van der Waals surface area contributed by atoms with Crippen LogP contribution in [-0.2, 0) is 20.8 Å². The van der Waals surface area contributed by atoms with Gasteiger partial charge >= 0.3 is 0 Å². The molecule has 8 nitrogen and oxygen atoms in total. The Morgan fingerprint density at radius 1 is 1.57 bits per heavy atom. The predicted octanol–water partition coefficient (Wildman–Crippen LogP) is 0.117. The summed E-state index contributed by atoms with van der Waals surface area (Å²) >= 11 is 1.31. The summed E-state index contributed by atoms with van der Waals surface area (Å²) in [5, 5.41) is 1.72. The Morgan fingerprint density at radius 2 is 2.29 bits per heavy atom. The molecule has 2 heterocycles. The summed E-state index contributed by atoms with van der Waals surface area (Å²) in [5.74, 6) is 5.88. The van der Waals surface area contributed by atoms with Crippen molar-refractivity contribution in [3.63, 3.8) is 0 Å². The summed E-state index contributed by atoms with van der Waals surface area (Å²) in [4.78, 5) is 4.65. The number of hydrogen-bond donors (Lipinski definition) is 3. The van der Waals surface area contributed by atoms with Crippen LogP contribution in [0.3, 0.4) is 0 Å². The van der Waals surface area contributed by atoms with Crippen molar-refractivity contribution in [2.24, 2.45) is 5.84 Å². The molecule has 0 saturated heterocycles. The van der Waals surface area contributed by atoms with Crippen LogP contribution in [0.15, 0.2) is 16.6 Å². The molecule has 0 amide bonds. The fraction of sp³-hybridized carbons (Fsp3) is 0.500. The van der Waals surface area contributed by atoms with E-state index in [9.17, 15) is 12.6 Å². The van der Waals surface area contributed by atoms with E-state index in [4.69, 9.17) is 5.84 Å². The van der Waals surface area contributed by atoms with E-state index in [0.717, 1.165) is 0 Å². The lowest BCUT2D eigenvalue weighted by molar-refractivity contribution is 0.552. The zero-order valence-electron chi connectivity index (χ0n) is 11.6. The number of rotatable bonds is 7. The molecule has 0 saturated carbocycles. The number of nitrogens with zero attached hydrogens (tertiary/aromatic N) is 2. The van der Waals surface area contributed by atoms with Crippen LogP contribution in [0.25, 0.3) is 4.96 Å². The highest BCUT2D eigenvalue weighted by Crippen LogP contribution is 2.25. The Kier molecular flexibility index (Phi) is 4.99. The van der Waals surface area contributed by atoms with Gasteiger partial charge in [0.2, 0.25) is 5.03 Å². The molecule has 2 aromatic rings. The number of nitrogens with one attached hydrogen (secondary N) is 2. The molecule has 2 rings (SSSR count). The maximum atomic E-state index is 12.5. The normalized spacial score (nSPS) is 15.2. The van der Waals surface area contributed by atoms with Crippen molar-refractivity contribution in [3.8, 4) is 0 Å². The molecule has 11 heteroatoms. The number of fused-ring (bicyclic) bond motifs is 1. The van der Waals surface area contributed by atoms with Crippen LogP contribution in [0.5, 0.6) is 0 Å². The van der Waals surface area contributed by atoms with Gasteiger partial charge in [0.05, 0.1) is 0 Å². The molecule has 0 aliphatic rings. The number of hydrazine groups is 1. The van der Waals surface area contributed by atoms with Crippen molar-refractivity contribution in [2.45, 2.75) is 24.4 Å². The molecule has 0 aliphatic heterocycles. The lowest BCUT2D eigenvalue weighted by Crippen LogP contribution is -2.34. The van der Waals surface area contributed by atoms with Crippen LogP contribution in [0, 0.1) is 0 Å². The summed E-state index contributed by atoms with van der Waals surface area (Å²) in [5.41, 5.74) is 2.31. The highest BCUT2D eigenvalue weighted by molar-refractivity contribution is 7.89. The maximum Gasteiger partial charge on any atom is 0.260 e. The van der Waals surface area contributed by atoms with Gasteiger partial charge in [0.15, 0.2) is 10.8 Å². The van der Waals surface area contributed by atoms with Gasteiger partial charge in [0, 0.05) is 40.4 Å². The number of thiazole rings is 1. The first-order valence-electron chi connectivity index (χ1n) is 6.09. The highest BCUT2D eigenvalue weighted by atomic mass is 32.2. The van der Waals surface area contributed by atoms with E-state index < -0.39 is 20.8 Å². The summed E-state index contributed by atoms with van der Waals surface area (Å²) in [7, 11) is -4.74. The summed E-state index contributed by atoms with van der Waals surface area (Å²) in [6.07, 6.45) is 3.69. The van der Waals surface area contributed by atoms with E-state index in [1.54, 1.807) is 24.8 Å². The van der Waals surface area contributed by atoms with E-state index in [-0.39, 0.29) is 16.9 Å². The zero-order chi connectivity index (χ0) is 15.6. The molecule has 0 radical (unpaired) electrons. The number of nitrogens with two attached hydrogens (primary N) is 1.